The van der Waals surface area contributed by atoms with Crippen LogP contribution in [0.1, 0.15) is 45.4 Å². The topological polar surface area (TPSA) is 274 Å². The van der Waals surface area contributed by atoms with Crippen LogP contribution >= 0.6 is 0 Å². The number of carbonyl (C=O) groups excluding carboxylic acids is 5. The van der Waals surface area contributed by atoms with E-state index >= 15 is 0 Å². The number of rotatable bonds is 16. The number of nitrogens with one attached hydrogen (secondary N) is 3. The summed E-state index contributed by atoms with van der Waals surface area (Å²) in [6, 6.07) is -5.29. The third-order valence-corrected chi connectivity index (χ3v) is 4.36. The van der Waals surface area contributed by atoms with E-state index in [1.54, 1.807) is 0 Å². The molecule has 0 saturated carbocycles. The number of carboxylic acid groups (broad SMARTS) is 2. The number of aliphatic carboxylic acids is 2. The van der Waals surface area contributed by atoms with Gasteiger partial charge in [0.05, 0.1) is 6.04 Å². The average molecular weight is 474 g/mol. The highest BCUT2D eigenvalue weighted by Crippen LogP contribution is 2.04. The van der Waals surface area contributed by atoms with Crippen LogP contribution in [0.15, 0.2) is 0 Å². The Hall–Kier alpha value is -3.75. The van der Waals surface area contributed by atoms with Crippen molar-refractivity contribution in [1.29, 1.82) is 0 Å². The first-order valence-electron chi connectivity index (χ1n) is 9.92. The van der Waals surface area contributed by atoms with Crippen LogP contribution in [0.3, 0.4) is 0 Å². The molecule has 0 aromatic rings. The first kappa shape index (κ1) is 29.2. The molecule has 33 heavy (non-hydrogen) atoms. The van der Waals surface area contributed by atoms with Gasteiger partial charge in [-0.3, -0.25) is 28.8 Å². The minimum atomic E-state index is -1.50. The van der Waals surface area contributed by atoms with Crippen LogP contribution < -0.4 is 33.2 Å². The molecule has 0 saturated heterocycles. The van der Waals surface area contributed by atoms with Gasteiger partial charge in [-0.1, -0.05) is 0 Å². The first-order chi connectivity index (χ1) is 15.2. The van der Waals surface area contributed by atoms with E-state index in [-0.39, 0.29) is 32.1 Å². The molecule has 0 rings (SSSR count). The molecule has 0 aliphatic rings. The van der Waals surface area contributed by atoms with Crippen molar-refractivity contribution >= 4 is 41.5 Å². The molecule has 0 aliphatic carbocycles. The van der Waals surface area contributed by atoms with Gasteiger partial charge < -0.3 is 43.4 Å². The predicted octanol–water partition coefficient (Wildman–Crippen LogP) is -3.73. The Morgan fingerprint density at radius 3 is 1.67 bits per heavy atom. The molecule has 5 amide bonds. The summed E-state index contributed by atoms with van der Waals surface area (Å²) in [4.78, 5) is 80.8. The molecule has 4 unspecified atom stereocenters. The third-order valence-electron chi connectivity index (χ3n) is 4.36. The van der Waals surface area contributed by atoms with Crippen molar-refractivity contribution < 1.29 is 43.8 Å². The van der Waals surface area contributed by atoms with E-state index in [0.29, 0.717) is 0 Å². The molecule has 0 spiro atoms. The van der Waals surface area contributed by atoms with Crippen molar-refractivity contribution in [3.8, 4) is 0 Å². The molecule has 186 valence electrons. The fourth-order valence-corrected chi connectivity index (χ4v) is 2.46. The molecule has 0 aromatic heterocycles. The molecule has 15 nitrogen and oxygen atoms in total. The number of hydrogen-bond acceptors (Lipinski definition) is 8. The fourth-order valence-electron chi connectivity index (χ4n) is 2.46. The lowest BCUT2D eigenvalue weighted by atomic mass is 10.1. The number of carboxylic acids is 2. The molecule has 0 fully saturated rings. The monoisotopic (exact) mass is 474 g/mol. The molecule has 0 heterocycles. The van der Waals surface area contributed by atoms with E-state index in [1.807, 2.05) is 0 Å². The minimum absolute atomic E-state index is 0.0545. The quantitative estimate of drug-likeness (QED) is 0.108. The lowest BCUT2D eigenvalue weighted by Crippen LogP contribution is -2.56. The smallest absolute Gasteiger partial charge is 0.326 e. The molecule has 11 N–H and O–H groups in total. The second-order valence-electron chi connectivity index (χ2n) is 7.24. The maximum atomic E-state index is 12.5. The van der Waals surface area contributed by atoms with Gasteiger partial charge in [-0.15, -0.1) is 0 Å². The van der Waals surface area contributed by atoms with Crippen LogP contribution in [0.5, 0.6) is 0 Å². The van der Waals surface area contributed by atoms with E-state index in [4.69, 9.17) is 22.3 Å². The first-order valence-corrected chi connectivity index (χ1v) is 9.92. The van der Waals surface area contributed by atoms with Gasteiger partial charge in [0.25, 0.3) is 0 Å². The summed E-state index contributed by atoms with van der Waals surface area (Å²) in [5.74, 6) is -6.82. The van der Waals surface area contributed by atoms with Gasteiger partial charge in [0, 0.05) is 19.3 Å². The summed E-state index contributed by atoms with van der Waals surface area (Å²) < 4.78 is 0. The lowest BCUT2D eigenvalue weighted by Gasteiger charge is -2.23. The summed E-state index contributed by atoms with van der Waals surface area (Å²) in [6.45, 7) is 1.27. The largest absolute Gasteiger partial charge is 0.481 e. The van der Waals surface area contributed by atoms with Crippen LogP contribution in [-0.4, -0.2) is 75.9 Å². The predicted molar refractivity (Wildman–Crippen MR) is 111 cm³/mol. The molecule has 0 radical (unpaired) electrons. The van der Waals surface area contributed by atoms with E-state index < -0.39 is 72.1 Å². The molecule has 0 aromatic carbocycles. The second-order valence-corrected chi connectivity index (χ2v) is 7.24. The summed E-state index contributed by atoms with van der Waals surface area (Å²) >= 11 is 0. The normalized spacial score (nSPS) is 14.1. The summed E-state index contributed by atoms with van der Waals surface area (Å²) in [6.07, 6.45) is -1.76. The Morgan fingerprint density at radius 2 is 1.18 bits per heavy atom. The lowest BCUT2D eigenvalue weighted by molar-refractivity contribution is -0.143. The van der Waals surface area contributed by atoms with Crippen LogP contribution in [0.25, 0.3) is 0 Å². The molecular weight excluding hydrogens is 444 g/mol. The zero-order chi connectivity index (χ0) is 25.7. The highest BCUT2D eigenvalue weighted by molar-refractivity contribution is 5.94. The summed E-state index contributed by atoms with van der Waals surface area (Å²) in [7, 11) is 0. The maximum Gasteiger partial charge on any atom is 0.326 e. The van der Waals surface area contributed by atoms with Crippen LogP contribution in [0.2, 0.25) is 0 Å². The van der Waals surface area contributed by atoms with Gasteiger partial charge in [0.1, 0.15) is 18.1 Å². The van der Waals surface area contributed by atoms with Crippen molar-refractivity contribution in [2.45, 2.75) is 69.6 Å². The molecule has 15 heteroatoms. The van der Waals surface area contributed by atoms with E-state index in [2.05, 4.69) is 16.0 Å². The average Bonchev–Trinajstić information content (AvgIpc) is 2.70. The van der Waals surface area contributed by atoms with Crippen LogP contribution in [0.4, 0.5) is 0 Å². The van der Waals surface area contributed by atoms with Gasteiger partial charge in [-0.05, 0) is 26.2 Å². The number of nitrogens with two attached hydrogens (primary N) is 3. The van der Waals surface area contributed by atoms with Crippen LogP contribution in [-0.2, 0) is 33.6 Å². The second kappa shape index (κ2) is 14.3. The Balaban J connectivity index is 5.16. The van der Waals surface area contributed by atoms with Gasteiger partial charge in [-0.25, -0.2) is 4.79 Å². The standard InChI is InChI=1S/C18H30N6O9/c1-8(22-16(30)9(19)2-5-12(20)25)15(29)23-10(4-7-14(27)28)17(31)24-11(18(32)33)3-6-13(21)26/h8-11H,2-7,19H2,1H3,(H2,20,25)(H2,21,26)(H,22,30)(H,23,29)(H,24,31)(H,27,28)(H,32,33). The Bertz CT molecular complexity index is 773. The van der Waals surface area contributed by atoms with E-state index in [0.717, 1.165) is 0 Å². The Kier molecular flexibility index (Phi) is 12.7. The number of primary amides is 2. The third kappa shape index (κ3) is 12.6. The molecule has 0 aliphatic heterocycles. The van der Waals surface area contributed by atoms with Gasteiger partial charge in [-0.2, -0.15) is 0 Å². The zero-order valence-electron chi connectivity index (χ0n) is 18.0. The van der Waals surface area contributed by atoms with Gasteiger partial charge in [0.15, 0.2) is 0 Å². The van der Waals surface area contributed by atoms with Crippen molar-refractivity contribution in [3.63, 3.8) is 0 Å². The maximum absolute atomic E-state index is 12.5. The number of amides is 5. The molecular formula is C18H30N6O9. The Morgan fingerprint density at radius 1 is 0.697 bits per heavy atom. The summed E-state index contributed by atoms with van der Waals surface area (Å²) in [5, 5.41) is 24.7. The van der Waals surface area contributed by atoms with Crippen molar-refractivity contribution in [1.82, 2.24) is 16.0 Å². The fraction of sp³-hybridized carbons (Fsp3) is 0.611. The SMILES string of the molecule is CC(NC(=O)C(N)CCC(N)=O)C(=O)NC(CCC(=O)O)C(=O)NC(CCC(N)=O)C(=O)O. The highest BCUT2D eigenvalue weighted by Gasteiger charge is 2.29. The highest BCUT2D eigenvalue weighted by atomic mass is 16.4. The van der Waals surface area contributed by atoms with E-state index in [9.17, 15) is 38.7 Å². The van der Waals surface area contributed by atoms with Gasteiger partial charge >= 0.3 is 11.9 Å². The number of hydrogen-bond donors (Lipinski definition) is 8. The van der Waals surface area contributed by atoms with Gasteiger partial charge in [0.2, 0.25) is 29.5 Å². The molecule has 4 atom stereocenters. The van der Waals surface area contributed by atoms with Crippen molar-refractivity contribution in [3.05, 3.63) is 0 Å². The minimum Gasteiger partial charge on any atom is -0.481 e. The molecule has 0 bridgehead atoms. The Labute approximate surface area is 188 Å². The van der Waals surface area contributed by atoms with E-state index in [1.165, 1.54) is 6.92 Å². The summed E-state index contributed by atoms with van der Waals surface area (Å²) in [5.41, 5.74) is 15.6. The zero-order valence-corrected chi connectivity index (χ0v) is 18.0. The van der Waals surface area contributed by atoms with Crippen molar-refractivity contribution in [2.75, 3.05) is 0 Å². The van der Waals surface area contributed by atoms with Crippen molar-refractivity contribution in [2.24, 2.45) is 17.2 Å². The number of carbonyl (C=O) groups is 7. The van der Waals surface area contributed by atoms with Crippen LogP contribution in [0, 0.1) is 0 Å².